The van der Waals surface area contributed by atoms with Crippen LogP contribution in [0.2, 0.25) is 0 Å². The molecule has 0 saturated carbocycles. The van der Waals surface area contributed by atoms with E-state index in [1.165, 1.54) is 6.42 Å². The Kier molecular flexibility index (Phi) is 4.03. The highest BCUT2D eigenvalue weighted by atomic mass is 79.9. The quantitative estimate of drug-likeness (QED) is 0.721. The molecule has 0 aromatic rings. The molecule has 2 atom stereocenters. The van der Waals surface area contributed by atoms with E-state index in [-0.39, 0.29) is 12.0 Å². The van der Waals surface area contributed by atoms with Crippen molar-refractivity contribution in [2.45, 2.75) is 44.2 Å². The van der Waals surface area contributed by atoms with E-state index >= 15 is 0 Å². The van der Waals surface area contributed by atoms with Gasteiger partial charge < -0.3 is 9.64 Å². The van der Waals surface area contributed by atoms with Gasteiger partial charge in [-0.3, -0.25) is 4.79 Å². The van der Waals surface area contributed by atoms with Gasteiger partial charge in [-0.2, -0.15) is 0 Å². The number of alkyl halides is 1. The van der Waals surface area contributed by atoms with Crippen LogP contribution in [0.4, 0.5) is 0 Å². The number of likely N-dealkylation sites (tertiary alicyclic amines) is 1. The summed E-state index contributed by atoms with van der Waals surface area (Å²) < 4.78 is 5.45. The van der Waals surface area contributed by atoms with E-state index < -0.39 is 0 Å². The minimum atomic E-state index is -0.148. The van der Waals surface area contributed by atoms with Gasteiger partial charge in [-0.05, 0) is 32.1 Å². The van der Waals surface area contributed by atoms with E-state index in [0.717, 1.165) is 44.2 Å². The van der Waals surface area contributed by atoms with Gasteiger partial charge in [0.05, 0.1) is 0 Å². The predicted molar refractivity (Wildman–Crippen MR) is 62.1 cm³/mol. The molecule has 4 heteroatoms. The highest BCUT2D eigenvalue weighted by molar-refractivity contribution is 9.09. The van der Waals surface area contributed by atoms with Crippen molar-refractivity contribution in [2.24, 2.45) is 0 Å². The first kappa shape index (κ1) is 11.4. The van der Waals surface area contributed by atoms with Gasteiger partial charge in [-0.1, -0.05) is 15.9 Å². The number of hydrogen-bond acceptors (Lipinski definition) is 2. The summed E-state index contributed by atoms with van der Waals surface area (Å²) in [5.41, 5.74) is 0. The number of carbonyl (C=O) groups excluding carboxylic acids is 1. The normalized spacial score (nSPS) is 31.9. The number of nitrogens with zero attached hydrogens (tertiary/aromatic N) is 1. The average Bonchev–Trinajstić information content (AvgIpc) is 2.81. The van der Waals surface area contributed by atoms with E-state index in [0.29, 0.717) is 6.04 Å². The summed E-state index contributed by atoms with van der Waals surface area (Å²) in [4.78, 5) is 14.2. The molecule has 0 aromatic carbocycles. The fourth-order valence-corrected chi connectivity index (χ4v) is 3.08. The van der Waals surface area contributed by atoms with Crippen molar-refractivity contribution in [1.82, 2.24) is 4.90 Å². The number of hydrogen-bond donors (Lipinski definition) is 0. The smallest absolute Gasteiger partial charge is 0.251 e. The van der Waals surface area contributed by atoms with Gasteiger partial charge in [0.2, 0.25) is 0 Å². The van der Waals surface area contributed by atoms with Gasteiger partial charge in [0.1, 0.15) is 6.10 Å². The standard InChI is InChI=1S/C11H18BrNO2/c12-8-9-4-1-2-6-13(9)11(14)10-5-3-7-15-10/h9-10H,1-8H2. The van der Waals surface area contributed by atoms with Crippen LogP contribution in [-0.2, 0) is 9.53 Å². The predicted octanol–water partition coefficient (Wildman–Crippen LogP) is 1.94. The third kappa shape index (κ3) is 2.53. The molecule has 0 aliphatic carbocycles. The largest absolute Gasteiger partial charge is 0.368 e. The molecule has 0 radical (unpaired) electrons. The number of rotatable bonds is 2. The lowest BCUT2D eigenvalue weighted by molar-refractivity contribution is -0.144. The van der Waals surface area contributed by atoms with Crippen molar-refractivity contribution in [3.63, 3.8) is 0 Å². The number of halogens is 1. The zero-order valence-corrected chi connectivity index (χ0v) is 10.5. The monoisotopic (exact) mass is 275 g/mol. The molecule has 0 spiro atoms. The molecule has 1 amide bonds. The maximum atomic E-state index is 12.1. The Balaban J connectivity index is 1.96. The van der Waals surface area contributed by atoms with Crippen LogP contribution < -0.4 is 0 Å². The molecule has 2 aliphatic heterocycles. The summed E-state index contributed by atoms with van der Waals surface area (Å²) in [5, 5.41) is 0.894. The Morgan fingerprint density at radius 3 is 2.87 bits per heavy atom. The molecule has 86 valence electrons. The Morgan fingerprint density at radius 2 is 2.20 bits per heavy atom. The van der Waals surface area contributed by atoms with Crippen molar-refractivity contribution >= 4 is 21.8 Å². The lowest BCUT2D eigenvalue weighted by Gasteiger charge is -2.36. The highest BCUT2D eigenvalue weighted by Crippen LogP contribution is 2.23. The average molecular weight is 276 g/mol. The molecule has 2 saturated heterocycles. The van der Waals surface area contributed by atoms with Gasteiger partial charge >= 0.3 is 0 Å². The molecule has 2 rings (SSSR count). The molecule has 0 aromatic heterocycles. The van der Waals surface area contributed by atoms with Gasteiger partial charge in [0, 0.05) is 24.5 Å². The van der Waals surface area contributed by atoms with E-state index in [4.69, 9.17) is 4.74 Å². The summed E-state index contributed by atoms with van der Waals surface area (Å²) in [7, 11) is 0. The third-order valence-corrected chi connectivity index (χ3v) is 4.04. The minimum absolute atomic E-state index is 0.148. The van der Waals surface area contributed by atoms with Crippen LogP contribution in [-0.4, -0.2) is 41.4 Å². The zero-order chi connectivity index (χ0) is 10.7. The Morgan fingerprint density at radius 1 is 1.33 bits per heavy atom. The molecule has 3 nitrogen and oxygen atoms in total. The first-order valence-corrected chi connectivity index (χ1v) is 6.93. The lowest BCUT2D eigenvalue weighted by Crippen LogP contribution is -2.48. The molecule has 0 N–H and O–H groups in total. The van der Waals surface area contributed by atoms with Crippen molar-refractivity contribution in [1.29, 1.82) is 0 Å². The second-order valence-electron chi connectivity index (χ2n) is 4.34. The summed E-state index contributed by atoms with van der Waals surface area (Å²) in [6.07, 6.45) is 5.30. The number of ether oxygens (including phenoxy) is 1. The second kappa shape index (κ2) is 5.30. The highest BCUT2D eigenvalue weighted by Gasteiger charge is 2.33. The van der Waals surface area contributed by atoms with Crippen molar-refractivity contribution in [3.8, 4) is 0 Å². The summed E-state index contributed by atoms with van der Waals surface area (Å²) in [6, 6.07) is 0.385. The maximum absolute atomic E-state index is 12.1. The van der Waals surface area contributed by atoms with Crippen LogP contribution in [0.3, 0.4) is 0 Å². The maximum Gasteiger partial charge on any atom is 0.251 e. The van der Waals surface area contributed by atoms with Gasteiger partial charge in [-0.15, -0.1) is 0 Å². The topological polar surface area (TPSA) is 29.5 Å². The molecule has 2 fully saturated rings. The van der Waals surface area contributed by atoms with Crippen LogP contribution >= 0.6 is 15.9 Å². The molecule has 2 heterocycles. The Labute approximate surface area is 99.3 Å². The van der Waals surface area contributed by atoms with E-state index in [9.17, 15) is 4.79 Å². The van der Waals surface area contributed by atoms with Crippen molar-refractivity contribution in [3.05, 3.63) is 0 Å². The van der Waals surface area contributed by atoms with E-state index in [2.05, 4.69) is 15.9 Å². The van der Waals surface area contributed by atoms with Crippen molar-refractivity contribution < 1.29 is 9.53 Å². The van der Waals surface area contributed by atoms with Crippen LogP contribution in [0.15, 0.2) is 0 Å². The molecule has 2 aliphatic rings. The van der Waals surface area contributed by atoms with Gasteiger partial charge in [-0.25, -0.2) is 0 Å². The molecule has 15 heavy (non-hydrogen) atoms. The van der Waals surface area contributed by atoms with Crippen LogP contribution in [0, 0.1) is 0 Å². The molecular weight excluding hydrogens is 258 g/mol. The first-order valence-electron chi connectivity index (χ1n) is 5.81. The van der Waals surface area contributed by atoms with Gasteiger partial charge in [0.25, 0.3) is 5.91 Å². The van der Waals surface area contributed by atoms with Crippen molar-refractivity contribution in [2.75, 3.05) is 18.5 Å². The summed E-state index contributed by atoms with van der Waals surface area (Å²) in [5.74, 6) is 0.219. The number of carbonyl (C=O) groups is 1. The second-order valence-corrected chi connectivity index (χ2v) is 4.98. The lowest BCUT2D eigenvalue weighted by atomic mass is 10.0. The Bertz CT molecular complexity index is 229. The SMILES string of the molecule is O=C(C1CCCO1)N1CCCCC1CBr. The van der Waals surface area contributed by atoms with Crippen LogP contribution in [0.25, 0.3) is 0 Å². The summed E-state index contributed by atoms with van der Waals surface area (Å²) >= 11 is 3.49. The molecular formula is C11H18BrNO2. The zero-order valence-electron chi connectivity index (χ0n) is 8.95. The fourth-order valence-electron chi connectivity index (χ4n) is 2.41. The number of piperidine rings is 1. The van der Waals surface area contributed by atoms with Crippen LogP contribution in [0.5, 0.6) is 0 Å². The first-order chi connectivity index (χ1) is 7.33. The van der Waals surface area contributed by atoms with Crippen LogP contribution in [0.1, 0.15) is 32.1 Å². The molecule has 2 unspecified atom stereocenters. The fraction of sp³-hybridized carbons (Fsp3) is 0.909. The van der Waals surface area contributed by atoms with E-state index in [1.807, 2.05) is 4.90 Å². The Hall–Kier alpha value is -0.0900. The number of amides is 1. The van der Waals surface area contributed by atoms with Gasteiger partial charge in [0.15, 0.2) is 0 Å². The summed E-state index contributed by atoms with van der Waals surface area (Å²) in [6.45, 7) is 1.66. The third-order valence-electron chi connectivity index (χ3n) is 3.29. The minimum Gasteiger partial charge on any atom is -0.368 e. The van der Waals surface area contributed by atoms with E-state index in [1.54, 1.807) is 0 Å². The molecule has 0 bridgehead atoms.